The van der Waals surface area contributed by atoms with Crippen molar-refractivity contribution in [2.45, 2.75) is 45.3 Å². The summed E-state index contributed by atoms with van der Waals surface area (Å²) in [5.41, 5.74) is 6.11. The van der Waals surface area contributed by atoms with Gasteiger partial charge in [-0.05, 0) is 83.2 Å². The first kappa shape index (κ1) is 26.9. The first-order chi connectivity index (χ1) is 18.0. The second kappa shape index (κ2) is 10.5. The molecule has 0 bridgehead atoms. The summed E-state index contributed by atoms with van der Waals surface area (Å²) in [6, 6.07) is 8.21. The quantitative estimate of drug-likeness (QED) is 0.343. The Labute approximate surface area is 237 Å². The van der Waals surface area contributed by atoms with E-state index in [1.807, 2.05) is 52.6 Å². The number of imidazole rings is 1. The summed E-state index contributed by atoms with van der Waals surface area (Å²) in [7, 11) is 2.02. The fourth-order valence-electron chi connectivity index (χ4n) is 5.38. The van der Waals surface area contributed by atoms with Crippen molar-refractivity contribution in [1.29, 1.82) is 0 Å². The Kier molecular flexibility index (Phi) is 7.42. The number of benzene rings is 1. The second-order valence-corrected chi connectivity index (χ2v) is 12.4. The third-order valence-corrected chi connectivity index (χ3v) is 7.87. The summed E-state index contributed by atoms with van der Waals surface area (Å²) in [6.45, 7) is 10.5. The number of halogens is 2. The number of carbonyl (C=O) groups excluding carboxylic acids is 1. The lowest BCUT2D eigenvalue weighted by atomic mass is 9.87. The Bertz CT molecular complexity index is 1390. The van der Waals surface area contributed by atoms with E-state index in [1.54, 1.807) is 4.90 Å². The molecule has 1 unspecified atom stereocenters. The van der Waals surface area contributed by atoms with Gasteiger partial charge in [0.1, 0.15) is 5.60 Å². The molecule has 1 aromatic carbocycles. The molecular weight excluding hydrogens is 566 g/mol. The van der Waals surface area contributed by atoms with Crippen LogP contribution in [0.3, 0.4) is 0 Å². The Morgan fingerprint density at radius 1 is 1.16 bits per heavy atom. The maximum atomic E-state index is 12.7. The first-order valence-corrected chi connectivity index (χ1v) is 14.0. The highest BCUT2D eigenvalue weighted by molar-refractivity contribution is 9.10. The van der Waals surface area contributed by atoms with Crippen LogP contribution in [0.5, 0.6) is 0 Å². The van der Waals surface area contributed by atoms with Gasteiger partial charge in [0, 0.05) is 66.7 Å². The van der Waals surface area contributed by atoms with Crippen molar-refractivity contribution in [1.82, 2.24) is 24.3 Å². The number of ether oxygens (including phenoxy) is 1. The van der Waals surface area contributed by atoms with Crippen molar-refractivity contribution < 1.29 is 9.53 Å². The zero-order valence-corrected chi connectivity index (χ0v) is 24.8. The van der Waals surface area contributed by atoms with Crippen molar-refractivity contribution in [2.75, 3.05) is 26.2 Å². The van der Waals surface area contributed by atoms with Crippen molar-refractivity contribution in [3.05, 3.63) is 80.6 Å². The van der Waals surface area contributed by atoms with Crippen molar-refractivity contribution in [2.24, 2.45) is 7.05 Å². The van der Waals surface area contributed by atoms with E-state index in [4.69, 9.17) is 21.3 Å². The molecule has 1 aliphatic carbocycles. The van der Waals surface area contributed by atoms with Gasteiger partial charge < -0.3 is 14.2 Å². The monoisotopic (exact) mass is 597 g/mol. The Morgan fingerprint density at radius 3 is 2.55 bits per heavy atom. The van der Waals surface area contributed by atoms with Gasteiger partial charge in [-0.15, -0.1) is 0 Å². The number of piperazine rings is 1. The van der Waals surface area contributed by atoms with Gasteiger partial charge >= 0.3 is 6.09 Å². The summed E-state index contributed by atoms with van der Waals surface area (Å²) in [5.74, 6) is 0.0781. The van der Waals surface area contributed by atoms with Crippen LogP contribution in [0.2, 0.25) is 5.02 Å². The molecule has 2 aliphatic rings. The molecule has 1 amide bonds. The third-order valence-electron chi connectivity index (χ3n) is 7.20. The molecule has 5 rings (SSSR count). The Hall–Kier alpha value is -2.68. The van der Waals surface area contributed by atoms with Crippen LogP contribution < -0.4 is 0 Å². The molecule has 7 nitrogen and oxygen atoms in total. The molecule has 9 heteroatoms. The van der Waals surface area contributed by atoms with Crippen LogP contribution in [0, 0.1) is 0 Å². The average Bonchev–Trinajstić information content (AvgIpc) is 3.23. The van der Waals surface area contributed by atoms with Gasteiger partial charge in [-0.2, -0.15) is 0 Å². The molecule has 1 aliphatic heterocycles. The largest absolute Gasteiger partial charge is 0.444 e. The summed E-state index contributed by atoms with van der Waals surface area (Å²) >= 11 is 10.2. The zero-order valence-electron chi connectivity index (χ0n) is 22.4. The number of carbonyl (C=O) groups is 1. The minimum atomic E-state index is -0.517. The standard InChI is InChI=1S/C29H33BrClN5O2/c1-18(25-16-32-17-34(25)5)23-13-19-12-20(30)15-33-26(19)27(22-7-6-21(31)14-24(22)23)35-8-10-36(11-9-35)28(37)38-29(2,3)4/h6-7,12-18,27H,8-11H2,1-5H3/t18?,27-/m1/s1. The number of nitrogens with zero attached hydrogens (tertiary/aromatic N) is 5. The van der Waals surface area contributed by atoms with E-state index in [1.165, 1.54) is 5.57 Å². The van der Waals surface area contributed by atoms with E-state index in [0.717, 1.165) is 32.6 Å². The van der Waals surface area contributed by atoms with E-state index in [-0.39, 0.29) is 18.1 Å². The van der Waals surface area contributed by atoms with Crippen LogP contribution in [0.1, 0.15) is 67.7 Å². The predicted octanol–water partition coefficient (Wildman–Crippen LogP) is 6.53. The summed E-state index contributed by atoms with van der Waals surface area (Å²) in [4.78, 5) is 26.2. The van der Waals surface area contributed by atoms with Crippen LogP contribution in [0.15, 0.2) is 47.5 Å². The SMILES string of the molecule is CC(C1=Cc2cc(Br)cnc2[C@H](N2CCN(C(=O)OC(C)(C)C)CC2)c2ccc(Cl)cc21)c1cncn1C. The zero-order chi connectivity index (χ0) is 27.2. The number of aromatic nitrogens is 3. The fourth-order valence-corrected chi connectivity index (χ4v) is 5.90. The Morgan fingerprint density at radius 2 is 1.89 bits per heavy atom. The number of fused-ring (bicyclic) bond motifs is 2. The Balaban J connectivity index is 1.56. The van der Waals surface area contributed by atoms with Gasteiger partial charge in [0.15, 0.2) is 0 Å². The molecule has 3 aromatic rings. The highest BCUT2D eigenvalue weighted by atomic mass is 79.9. The van der Waals surface area contributed by atoms with Gasteiger partial charge in [-0.25, -0.2) is 9.78 Å². The van der Waals surface area contributed by atoms with E-state index in [2.05, 4.69) is 61.6 Å². The number of pyridine rings is 1. The van der Waals surface area contributed by atoms with Gasteiger partial charge in [0.05, 0.1) is 18.1 Å². The first-order valence-electron chi connectivity index (χ1n) is 12.9. The van der Waals surface area contributed by atoms with E-state index in [0.29, 0.717) is 31.2 Å². The van der Waals surface area contributed by atoms with E-state index >= 15 is 0 Å². The van der Waals surface area contributed by atoms with Crippen LogP contribution in [0.4, 0.5) is 4.79 Å². The number of hydrogen-bond donors (Lipinski definition) is 0. The van der Waals surface area contributed by atoms with Crippen LogP contribution >= 0.6 is 27.5 Å². The molecule has 1 fully saturated rings. The van der Waals surface area contributed by atoms with Crippen molar-refractivity contribution in [3.8, 4) is 0 Å². The lowest BCUT2D eigenvalue weighted by Crippen LogP contribution is -2.51. The summed E-state index contributed by atoms with van der Waals surface area (Å²) in [6.07, 6.45) is 7.61. The molecular formula is C29H33BrClN5O2. The van der Waals surface area contributed by atoms with Crippen molar-refractivity contribution >= 4 is 45.3 Å². The van der Waals surface area contributed by atoms with Gasteiger partial charge in [-0.1, -0.05) is 24.6 Å². The molecule has 0 saturated carbocycles. The lowest BCUT2D eigenvalue weighted by Gasteiger charge is -2.40. The van der Waals surface area contributed by atoms with Crippen molar-refractivity contribution in [3.63, 3.8) is 0 Å². The summed E-state index contributed by atoms with van der Waals surface area (Å²) in [5, 5.41) is 0.695. The fraction of sp³-hybridized carbons (Fsp3) is 0.414. The van der Waals surface area contributed by atoms with Crippen LogP contribution in [-0.2, 0) is 11.8 Å². The topological polar surface area (TPSA) is 63.5 Å². The van der Waals surface area contributed by atoms with E-state index < -0.39 is 5.60 Å². The van der Waals surface area contributed by atoms with Gasteiger partial charge in [0.2, 0.25) is 0 Å². The molecule has 3 heterocycles. The maximum absolute atomic E-state index is 12.7. The lowest BCUT2D eigenvalue weighted by molar-refractivity contribution is 0.0118. The summed E-state index contributed by atoms with van der Waals surface area (Å²) < 4.78 is 8.61. The minimum absolute atomic E-state index is 0.0781. The highest BCUT2D eigenvalue weighted by Crippen LogP contribution is 2.45. The molecule has 2 aromatic heterocycles. The number of rotatable bonds is 3. The smallest absolute Gasteiger partial charge is 0.410 e. The molecule has 0 N–H and O–H groups in total. The van der Waals surface area contributed by atoms with Gasteiger partial charge in [-0.3, -0.25) is 9.88 Å². The average molecular weight is 599 g/mol. The van der Waals surface area contributed by atoms with Crippen LogP contribution in [-0.4, -0.2) is 62.2 Å². The minimum Gasteiger partial charge on any atom is -0.444 e. The van der Waals surface area contributed by atoms with Gasteiger partial charge in [0.25, 0.3) is 0 Å². The molecule has 2 atom stereocenters. The molecule has 200 valence electrons. The molecule has 1 saturated heterocycles. The number of hydrogen-bond acceptors (Lipinski definition) is 5. The highest BCUT2D eigenvalue weighted by Gasteiger charge is 2.35. The number of aryl methyl sites for hydroxylation is 1. The third kappa shape index (κ3) is 5.40. The molecule has 0 spiro atoms. The van der Waals surface area contributed by atoms with E-state index in [9.17, 15) is 4.79 Å². The second-order valence-electron chi connectivity index (χ2n) is 11.0. The molecule has 0 radical (unpaired) electrons. The molecule has 38 heavy (non-hydrogen) atoms. The predicted molar refractivity (Wildman–Crippen MR) is 154 cm³/mol. The maximum Gasteiger partial charge on any atom is 0.410 e. The number of amides is 1. The number of allylic oxidation sites excluding steroid dienone is 1. The van der Waals surface area contributed by atoms with Crippen LogP contribution in [0.25, 0.3) is 11.6 Å². The normalized spacial score (nSPS) is 18.8.